The molecule has 1 aromatic rings. The molecule has 1 rings (SSSR count). The number of benzene rings is 1. The summed E-state index contributed by atoms with van der Waals surface area (Å²) in [5, 5.41) is 10.8. The second kappa shape index (κ2) is 8.09. The van der Waals surface area contributed by atoms with Gasteiger partial charge in [0.1, 0.15) is 10.1 Å². The fourth-order valence-electron chi connectivity index (χ4n) is 2.64. The van der Waals surface area contributed by atoms with Gasteiger partial charge in [-0.15, -0.1) is 0 Å². The smallest absolute Gasteiger partial charge is 0.136 e. The summed E-state index contributed by atoms with van der Waals surface area (Å²) in [4.78, 5) is 2.20. The van der Waals surface area contributed by atoms with Crippen LogP contribution in [0.3, 0.4) is 0 Å². The molecule has 1 aromatic carbocycles. The molecule has 0 aliphatic heterocycles. The standard InChI is InChI=1S/C20H33NOS2/c1-9-21(10-2)18(23)24-13-14-11-15(19(3,4)5)17(22)16(12-14)20(6,7)8/h11-12,22H,9-10,13H2,1-8H3. The number of thioether (sulfide) groups is 1. The fraction of sp³-hybridized carbons (Fsp3) is 0.650. The third kappa shape index (κ3) is 5.38. The number of phenols is 1. The number of phenolic OH excluding ortho intramolecular Hbond substituents is 1. The third-order valence-corrected chi connectivity index (χ3v) is 5.76. The minimum Gasteiger partial charge on any atom is -0.507 e. The quantitative estimate of drug-likeness (QED) is 0.675. The molecule has 0 atom stereocenters. The number of hydrogen-bond acceptors (Lipinski definition) is 3. The van der Waals surface area contributed by atoms with Gasteiger partial charge in [0.15, 0.2) is 0 Å². The number of nitrogens with zero attached hydrogens (tertiary/aromatic N) is 1. The van der Waals surface area contributed by atoms with Gasteiger partial charge in [0.05, 0.1) is 0 Å². The van der Waals surface area contributed by atoms with E-state index in [2.05, 4.69) is 72.4 Å². The zero-order valence-corrected chi connectivity index (χ0v) is 18.1. The summed E-state index contributed by atoms with van der Waals surface area (Å²) in [6, 6.07) is 4.28. The van der Waals surface area contributed by atoms with Crippen LogP contribution in [0, 0.1) is 0 Å². The summed E-state index contributed by atoms with van der Waals surface area (Å²) in [5.41, 5.74) is 3.06. The highest BCUT2D eigenvalue weighted by Crippen LogP contribution is 2.40. The molecule has 0 fully saturated rings. The Balaban J connectivity index is 3.18. The average Bonchev–Trinajstić information content (AvgIpc) is 2.44. The van der Waals surface area contributed by atoms with E-state index in [-0.39, 0.29) is 10.8 Å². The monoisotopic (exact) mass is 367 g/mol. The van der Waals surface area contributed by atoms with Gasteiger partial charge in [0.25, 0.3) is 0 Å². The van der Waals surface area contributed by atoms with Gasteiger partial charge in [0, 0.05) is 18.8 Å². The summed E-state index contributed by atoms with van der Waals surface area (Å²) in [6.07, 6.45) is 0. The summed E-state index contributed by atoms with van der Waals surface area (Å²) in [6.45, 7) is 19.0. The maximum atomic E-state index is 10.8. The Morgan fingerprint density at radius 1 is 1.00 bits per heavy atom. The van der Waals surface area contributed by atoms with Crippen molar-refractivity contribution >= 4 is 28.3 Å². The summed E-state index contributed by atoms with van der Waals surface area (Å²) >= 11 is 7.26. The molecule has 0 bridgehead atoms. The van der Waals surface area contributed by atoms with E-state index in [0.717, 1.165) is 34.3 Å². The molecule has 0 aliphatic carbocycles. The van der Waals surface area contributed by atoms with E-state index in [4.69, 9.17) is 12.2 Å². The maximum Gasteiger partial charge on any atom is 0.136 e. The van der Waals surface area contributed by atoms with Crippen molar-refractivity contribution in [3.63, 3.8) is 0 Å². The van der Waals surface area contributed by atoms with Gasteiger partial charge in [-0.2, -0.15) is 0 Å². The molecule has 2 nitrogen and oxygen atoms in total. The van der Waals surface area contributed by atoms with Crippen LogP contribution >= 0.6 is 24.0 Å². The lowest BCUT2D eigenvalue weighted by Crippen LogP contribution is -2.26. The molecule has 1 N–H and O–H groups in total. The van der Waals surface area contributed by atoms with Gasteiger partial charge in [-0.05, 0) is 41.4 Å². The van der Waals surface area contributed by atoms with Gasteiger partial charge in [0.2, 0.25) is 0 Å². The lowest BCUT2D eigenvalue weighted by molar-refractivity contribution is 0.423. The Bertz CT molecular complexity index is 543. The van der Waals surface area contributed by atoms with Crippen molar-refractivity contribution in [1.82, 2.24) is 4.90 Å². The van der Waals surface area contributed by atoms with Crippen molar-refractivity contribution in [2.45, 2.75) is 72.0 Å². The van der Waals surface area contributed by atoms with Crippen LogP contribution in [-0.4, -0.2) is 27.4 Å². The number of aromatic hydroxyl groups is 1. The molecule has 0 aromatic heterocycles. The Morgan fingerprint density at radius 2 is 1.42 bits per heavy atom. The molecule has 0 heterocycles. The summed E-state index contributed by atoms with van der Waals surface area (Å²) < 4.78 is 0.947. The van der Waals surface area contributed by atoms with E-state index < -0.39 is 0 Å². The molecule has 0 saturated carbocycles. The molecule has 0 radical (unpaired) electrons. The second-order valence-electron chi connectivity index (χ2n) is 8.27. The van der Waals surface area contributed by atoms with Crippen molar-refractivity contribution in [3.05, 3.63) is 28.8 Å². The van der Waals surface area contributed by atoms with Crippen LogP contribution in [-0.2, 0) is 16.6 Å². The Morgan fingerprint density at radius 3 is 1.75 bits per heavy atom. The van der Waals surface area contributed by atoms with E-state index in [1.807, 2.05) is 0 Å². The normalized spacial score (nSPS) is 12.3. The van der Waals surface area contributed by atoms with Gasteiger partial charge in [-0.25, -0.2) is 0 Å². The molecular formula is C20H33NOS2. The van der Waals surface area contributed by atoms with Crippen molar-refractivity contribution in [1.29, 1.82) is 0 Å². The van der Waals surface area contributed by atoms with Gasteiger partial charge in [-0.3, -0.25) is 0 Å². The van der Waals surface area contributed by atoms with E-state index in [0.29, 0.717) is 5.75 Å². The third-order valence-electron chi connectivity index (χ3n) is 4.17. The lowest BCUT2D eigenvalue weighted by Gasteiger charge is -2.28. The van der Waals surface area contributed by atoms with E-state index in [1.165, 1.54) is 5.56 Å². The predicted molar refractivity (Wildman–Crippen MR) is 112 cm³/mol. The molecule has 24 heavy (non-hydrogen) atoms. The molecule has 0 saturated heterocycles. The Hall–Kier alpha value is -0.740. The Labute approximate surface area is 158 Å². The summed E-state index contributed by atoms with van der Waals surface area (Å²) in [5.74, 6) is 1.27. The van der Waals surface area contributed by atoms with Crippen LogP contribution < -0.4 is 0 Å². The first-order chi connectivity index (χ1) is 10.9. The lowest BCUT2D eigenvalue weighted by atomic mass is 9.78. The number of thiocarbonyl (C=S) groups is 1. The highest BCUT2D eigenvalue weighted by molar-refractivity contribution is 8.22. The summed E-state index contributed by atoms with van der Waals surface area (Å²) in [7, 11) is 0. The first-order valence-corrected chi connectivity index (χ1v) is 10.1. The number of hydrogen-bond donors (Lipinski definition) is 1. The van der Waals surface area contributed by atoms with Crippen LogP contribution in [0.4, 0.5) is 0 Å². The van der Waals surface area contributed by atoms with Gasteiger partial charge >= 0.3 is 0 Å². The average molecular weight is 368 g/mol. The molecule has 0 aliphatic rings. The van der Waals surface area contributed by atoms with E-state index >= 15 is 0 Å². The van der Waals surface area contributed by atoms with Crippen molar-refractivity contribution in [2.75, 3.05) is 13.1 Å². The largest absolute Gasteiger partial charge is 0.507 e. The first-order valence-electron chi connectivity index (χ1n) is 8.70. The SMILES string of the molecule is CCN(CC)C(=S)SCc1cc(C(C)(C)C)c(O)c(C(C)(C)C)c1. The number of rotatable bonds is 4. The molecule has 136 valence electrons. The minimum atomic E-state index is -0.0931. The maximum absolute atomic E-state index is 10.8. The Kier molecular flexibility index (Phi) is 7.18. The zero-order valence-electron chi connectivity index (χ0n) is 16.5. The minimum absolute atomic E-state index is 0.0931. The molecule has 4 heteroatoms. The van der Waals surface area contributed by atoms with Crippen molar-refractivity contribution in [3.8, 4) is 5.75 Å². The van der Waals surface area contributed by atoms with Crippen molar-refractivity contribution in [2.24, 2.45) is 0 Å². The van der Waals surface area contributed by atoms with Gasteiger partial charge < -0.3 is 10.0 Å². The highest BCUT2D eigenvalue weighted by atomic mass is 32.2. The zero-order chi connectivity index (χ0) is 18.7. The molecule has 0 amide bonds. The molecule has 0 spiro atoms. The molecule has 0 unspecified atom stereocenters. The van der Waals surface area contributed by atoms with Crippen LogP contribution in [0.25, 0.3) is 0 Å². The van der Waals surface area contributed by atoms with Crippen LogP contribution in [0.5, 0.6) is 5.75 Å². The van der Waals surface area contributed by atoms with E-state index in [1.54, 1.807) is 11.8 Å². The fourth-order valence-corrected chi connectivity index (χ4v) is 3.97. The van der Waals surface area contributed by atoms with Crippen LogP contribution in [0.15, 0.2) is 12.1 Å². The topological polar surface area (TPSA) is 23.5 Å². The van der Waals surface area contributed by atoms with E-state index in [9.17, 15) is 5.11 Å². The molecular weight excluding hydrogens is 334 g/mol. The highest BCUT2D eigenvalue weighted by Gasteiger charge is 2.26. The van der Waals surface area contributed by atoms with Crippen LogP contribution in [0.1, 0.15) is 72.1 Å². The van der Waals surface area contributed by atoms with Crippen LogP contribution in [0.2, 0.25) is 0 Å². The second-order valence-corrected chi connectivity index (χ2v) is 9.88. The van der Waals surface area contributed by atoms with Gasteiger partial charge in [-0.1, -0.05) is 77.7 Å². The predicted octanol–water partition coefficient (Wildman–Crippen LogP) is 5.85. The first kappa shape index (κ1) is 21.3. The van der Waals surface area contributed by atoms with Crippen molar-refractivity contribution < 1.29 is 5.11 Å².